The third kappa shape index (κ3) is 11.5. The quantitative estimate of drug-likeness (QED) is 0.103. The second kappa shape index (κ2) is 18.2. The van der Waals surface area contributed by atoms with E-state index in [0.717, 1.165) is 30.6 Å². The smallest absolute Gasteiger partial charge is 0.333 e. The summed E-state index contributed by atoms with van der Waals surface area (Å²) in [6, 6.07) is 0. The van der Waals surface area contributed by atoms with Crippen LogP contribution in [0.2, 0.25) is 0 Å². The zero-order chi connectivity index (χ0) is 29.5. The van der Waals surface area contributed by atoms with Crippen LogP contribution in [0.5, 0.6) is 0 Å². The van der Waals surface area contributed by atoms with Gasteiger partial charge in [0.05, 0.1) is 5.92 Å². The first kappa shape index (κ1) is 34.8. The standard InChI is InChI=1S/C34H60O6/c1-6-7-8-9-10-11-27-12-14-29(15-13-27)30-16-18-31(19-17-30)34(5,23-39-32(37)25(2)3)24-40-33(38)26(4)20-28(21-35)22-36/h26-31,35-36H,2,6-24H2,1,3-5H3. The fourth-order valence-corrected chi connectivity index (χ4v) is 7.08. The van der Waals surface area contributed by atoms with Gasteiger partial charge in [0.25, 0.3) is 0 Å². The Kier molecular flexibility index (Phi) is 15.8. The highest BCUT2D eigenvalue weighted by atomic mass is 16.5. The number of esters is 2. The molecular formula is C34H60O6. The SMILES string of the molecule is C=C(C)C(=O)OCC(C)(COC(=O)C(C)CC(CO)CO)C1CCC(C2CCC(CCCCCCC)CC2)CC1. The van der Waals surface area contributed by atoms with Gasteiger partial charge in [-0.1, -0.05) is 78.7 Å². The zero-order valence-corrected chi connectivity index (χ0v) is 26.1. The van der Waals surface area contributed by atoms with E-state index in [9.17, 15) is 19.8 Å². The molecule has 6 heteroatoms. The Labute approximate surface area is 244 Å². The van der Waals surface area contributed by atoms with E-state index < -0.39 is 17.3 Å². The van der Waals surface area contributed by atoms with Crippen molar-refractivity contribution >= 4 is 11.9 Å². The summed E-state index contributed by atoms with van der Waals surface area (Å²) in [6.07, 6.45) is 18.7. The van der Waals surface area contributed by atoms with Gasteiger partial charge in [-0.25, -0.2) is 4.79 Å². The van der Waals surface area contributed by atoms with Gasteiger partial charge in [0.1, 0.15) is 13.2 Å². The van der Waals surface area contributed by atoms with E-state index in [1.54, 1.807) is 13.8 Å². The first-order valence-corrected chi connectivity index (χ1v) is 16.3. The van der Waals surface area contributed by atoms with Crippen molar-refractivity contribution in [3.63, 3.8) is 0 Å². The third-order valence-corrected chi connectivity index (χ3v) is 10.1. The summed E-state index contributed by atoms with van der Waals surface area (Å²) in [5, 5.41) is 18.7. The molecule has 232 valence electrons. The maximum atomic E-state index is 12.8. The Morgan fingerprint density at radius 2 is 1.43 bits per heavy atom. The number of aliphatic hydroxyl groups excluding tert-OH is 2. The molecular weight excluding hydrogens is 504 g/mol. The molecule has 0 spiro atoms. The molecule has 0 amide bonds. The van der Waals surface area contributed by atoms with E-state index in [2.05, 4.69) is 20.4 Å². The van der Waals surface area contributed by atoms with Crippen LogP contribution in [-0.4, -0.2) is 48.6 Å². The molecule has 2 fully saturated rings. The molecule has 0 aromatic rings. The maximum Gasteiger partial charge on any atom is 0.333 e. The van der Waals surface area contributed by atoms with Crippen molar-refractivity contribution in [2.45, 2.75) is 124 Å². The van der Waals surface area contributed by atoms with Crippen LogP contribution in [0.4, 0.5) is 0 Å². The molecule has 0 radical (unpaired) electrons. The first-order chi connectivity index (χ1) is 19.1. The van der Waals surface area contributed by atoms with Crippen LogP contribution in [0.3, 0.4) is 0 Å². The van der Waals surface area contributed by atoms with Crippen molar-refractivity contribution in [2.75, 3.05) is 26.4 Å². The Morgan fingerprint density at radius 1 is 0.875 bits per heavy atom. The lowest BCUT2D eigenvalue weighted by molar-refractivity contribution is -0.159. The number of carbonyl (C=O) groups is 2. The molecule has 0 aromatic heterocycles. The van der Waals surface area contributed by atoms with Crippen LogP contribution >= 0.6 is 0 Å². The summed E-state index contributed by atoms with van der Waals surface area (Å²) in [4.78, 5) is 25.0. The molecule has 2 aliphatic rings. The fourth-order valence-electron chi connectivity index (χ4n) is 7.08. The minimum absolute atomic E-state index is 0.160. The summed E-state index contributed by atoms with van der Waals surface area (Å²) in [5.41, 5.74) is -0.0962. The number of rotatable bonds is 18. The molecule has 40 heavy (non-hydrogen) atoms. The molecule has 6 nitrogen and oxygen atoms in total. The van der Waals surface area contributed by atoms with E-state index in [1.807, 2.05) is 0 Å². The predicted octanol–water partition coefficient (Wildman–Crippen LogP) is 7.26. The lowest BCUT2D eigenvalue weighted by Crippen LogP contribution is -2.41. The molecule has 2 aliphatic carbocycles. The summed E-state index contributed by atoms with van der Waals surface area (Å²) in [6.45, 7) is 11.6. The lowest BCUT2D eigenvalue weighted by Gasteiger charge is -2.43. The van der Waals surface area contributed by atoms with Crippen LogP contribution in [0.25, 0.3) is 0 Å². The summed E-state index contributed by atoms with van der Waals surface area (Å²) < 4.78 is 11.4. The average Bonchev–Trinajstić information content (AvgIpc) is 2.97. The van der Waals surface area contributed by atoms with Gasteiger partial charge >= 0.3 is 11.9 Å². The van der Waals surface area contributed by atoms with Crippen LogP contribution in [0.1, 0.15) is 124 Å². The summed E-state index contributed by atoms with van der Waals surface area (Å²) in [5.74, 6) is 1.37. The van der Waals surface area contributed by atoms with Crippen molar-refractivity contribution in [2.24, 2.45) is 40.9 Å². The molecule has 0 bridgehead atoms. The van der Waals surface area contributed by atoms with Gasteiger partial charge in [-0.3, -0.25) is 4.79 Å². The Morgan fingerprint density at radius 3 is 1.98 bits per heavy atom. The number of hydrogen-bond acceptors (Lipinski definition) is 6. The molecule has 2 rings (SSSR count). The molecule has 2 saturated carbocycles. The van der Waals surface area contributed by atoms with Crippen molar-refractivity contribution in [1.29, 1.82) is 0 Å². The number of aliphatic hydroxyl groups is 2. The molecule has 2 atom stereocenters. The second-order valence-electron chi connectivity index (χ2n) is 13.6. The zero-order valence-electron chi connectivity index (χ0n) is 26.1. The highest BCUT2D eigenvalue weighted by Gasteiger charge is 2.41. The average molecular weight is 565 g/mol. The monoisotopic (exact) mass is 564 g/mol. The molecule has 2 unspecified atom stereocenters. The van der Waals surface area contributed by atoms with E-state index in [0.29, 0.717) is 17.9 Å². The number of ether oxygens (including phenoxy) is 2. The van der Waals surface area contributed by atoms with Gasteiger partial charge in [-0.2, -0.15) is 0 Å². The van der Waals surface area contributed by atoms with Crippen molar-refractivity contribution in [3.8, 4) is 0 Å². The van der Waals surface area contributed by atoms with Crippen molar-refractivity contribution in [1.82, 2.24) is 0 Å². The fraction of sp³-hybridized carbons (Fsp3) is 0.882. The topological polar surface area (TPSA) is 93.1 Å². The molecule has 0 saturated heterocycles. The van der Waals surface area contributed by atoms with Gasteiger partial charge in [0, 0.05) is 30.1 Å². The molecule has 0 aromatic carbocycles. The van der Waals surface area contributed by atoms with E-state index in [4.69, 9.17) is 9.47 Å². The highest BCUT2D eigenvalue weighted by molar-refractivity contribution is 5.86. The molecule has 0 heterocycles. The molecule has 0 aliphatic heterocycles. The first-order valence-electron chi connectivity index (χ1n) is 16.3. The Hall–Kier alpha value is -1.40. The van der Waals surface area contributed by atoms with Gasteiger partial charge in [-0.05, 0) is 75.5 Å². The van der Waals surface area contributed by atoms with E-state index >= 15 is 0 Å². The minimum atomic E-state index is -0.464. The lowest BCUT2D eigenvalue weighted by atomic mass is 9.64. The minimum Gasteiger partial charge on any atom is -0.465 e. The van der Waals surface area contributed by atoms with Gasteiger partial charge in [0.2, 0.25) is 0 Å². The number of carbonyl (C=O) groups excluding carboxylic acids is 2. The number of unbranched alkanes of at least 4 members (excludes halogenated alkanes) is 4. The summed E-state index contributed by atoms with van der Waals surface area (Å²) in [7, 11) is 0. The van der Waals surface area contributed by atoms with Crippen LogP contribution in [0, 0.1) is 40.9 Å². The van der Waals surface area contributed by atoms with E-state index in [-0.39, 0.29) is 38.3 Å². The van der Waals surface area contributed by atoms with Gasteiger partial charge < -0.3 is 19.7 Å². The van der Waals surface area contributed by atoms with Gasteiger partial charge in [-0.15, -0.1) is 0 Å². The predicted molar refractivity (Wildman–Crippen MR) is 161 cm³/mol. The van der Waals surface area contributed by atoms with Crippen LogP contribution in [-0.2, 0) is 19.1 Å². The summed E-state index contributed by atoms with van der Waals surface area (Å²) >= 11 is 0. The largest absolute Gasteiger partial charge is 0.465 e. The normalized spacial score (nSPS) is 25.7. The molecule has 2 N–H and O–H groups in total. The van der Waals surface area contributed by atoms with E-state index in [1.165, 1.54) is 77.0 Å². The van der Waals surface area contributed by atoms with Crippen molar-refractivity contribution in [3.05, 3.63) is 12.2 Å². The highest BCUT2D eigenvalue weighted by Crippen LogP contribution is 2.46. The third-order valence-electron chi connectivity index (χ3n) is 10.1. The van der Waals surface area contributed by atoms with Gasteiger partial charge in [0.15, 0.2) is 0 Å². The Balaban J connectivity index is 1.88. The van der Waals surface area contributed by atoms with Crippen LogP contribution < -0.4 is 0 Å². The van der Waals surface area contributed by atoms with Crippen molar-refractivity contribution < 1.29 is 29.3 Å². The maximum absolute atomic E-state index is 12.8. The van der Waals surface area contributed by atoms with Crippen LogP contribution in [0.15, 0.2) is 12.2 Å². The number of hydrogen-bond donors (Lipinski definition) is 2. The Bertz CT molecular complexity index is 746. The second-order valence-corrected chi connectivity index (χ2v) is 13.6.